The van der Waals surface area contributed by atoms with Crippen molar-refractivity contribution in [1.29, 1.82) is 0 Å². The first kappa shape index (κ1) is 19.4. The topological polar surface area (TPSA) is 4.93 Å². The van der Waals surface area contributed by atoms with Crippen molar-refractivity contribution in [2.45, 2.75) is 20.3 Å². The Kier molecular flexibility index (Phi) is 6.29. The first-order chi connectivity index (χ1) is 13.7. The summed E-state index contributed by atoms with van der Waals surface area (Å²) in [6.45, 7) is 12.1. The molecular formula is C27H27N. The van der Waals surface area contributed by atoms with E-state index in [1.165, 1.54) is 22.0 Å². The van der Waals surface area contributed by atoms with Crippen LogP contribution in [0.4, 0.5) is 0 Å². The zero-order chi connectivity index (χ0) is 19.9. The van der Waals surface area contributed by atoms with Gasteiger partial charge in [-0.25, -0.2) is 0 Å². The molecule has 0 amide bonds. The molecule has 0 saturated heterocycles. The van der Waals surface area contributed by atoms with Gasteiger partial charge in [0.15, 0.2) is 0 Å². The molecule has 0 unspecified atom stereocenters. The lowest BCUT2D eigenvalue weighted by Crippen LogP contribution is -1.97. The molecule has 0 spiro atoms. The van der Waals surface area contributed by atoms with E-state index in [0.717, 1.165) is 23.4 Å². The second-order valence-electron chi connectivity index (χ2n) is 6.68. The maximum Gasteiger partial charge on any atom is 0.0541 e. The van der Waals surface area contributed by atoms with Crippen LogP contribution in [0.15, 0.2) is 92.1 Å². The van der Waals surface area contributed by atoms with Crippen LogP contribution in [0.2, 0.25) is 0 Å². The zero-order valence-corrected chi connectivity index (χ0v) is 16.7. The van der Waals surface area contributed by atoms with Gasteiger partial charge in [-0.2, -0.15) is 0 Å². The van der Waals surface area contributed by atoms with Crippen molar-refractivity contribution >= 4 is 28.6 Å². The molecule has 0 bridgehead atoms. The van der Waals surface area contributed by atoms with Crippen LogP contribution < -0.4 is 0 Å². The Morgan fingerprint density at radius 2 is 1.75 bits per heavy atom. The van der Waals surface area contributed by atoms with E-state index in [-0.39, 0.29) is 0 Å². The predicted octanol–water partition coefficient (Wildman–Crippen LogP) is 7.84. The third-order valence-corrected chi connectivity index (χ3v) is 4.85. The van der Waals surface area contributed by atoms with Crippen molar-refractivity contribution in [3.63, 3.8) is 0 Å². The highest BCUT2D eigenvalue weighted by molar-refractivity contribution is 5.95. The fourth-order valence-corrected chi connectivity index (χ4v) is 3.42. The summed E-state index contributed by atoms with van der Waals surface area (Å²) in [5, 5.41) is 1.20. The summed E-state index contributed by atoms with van der Waals surface area (Å²) in [7, 11) is 0. The van der Waals surface area contributed by atoms with Gasteiger partial charge < -0.3 is 4.57 Å². The number of benzene rings is 2. The summed E-state index contributed by atoms with van der Waals surface area (Å²) in [5.41, 5.74) is 7.04. The molecular weight excluding hydrogens is 338 g/mol. The molecule has 3 rings (SSSR count). The van der Waals surface area contributed by atoms with Crippen LogP contribution in [0.5, 0.6) is 0 Å². The molecule has 0 fully saturated rings. The maximum atomic E-state index is 4.04. The van der Waals surface area contributed by atoms with Crippen LogP contribution in [0.25, 0.3) is 34.3 Å². The van der Waals surface area contributed by atoms with E-state index < -0.39 is 0 Å². The third kappa shape index (κ3) is 3.84. The fourth-order valence-electron chi connectivity index (χ4n) is 3.42. The molecule has 0 radical (unpaired) electrons. The van der Waals surface area contributed by atoms with Gasteiger partial charge in [0, 0.05) is 16.6 Å². The Hall–Kier alpha value is -3.32. The highest BCUT2D eigenvalue weighted by atomic mass is 15.0. The molecule has 1 heteroatoms. The van der Waals surface area contributed by atoms with E-state index in [4.69, 9.17) is 0 Å². The second-order valence-corrected chi connectivity index (χ2v) is 6.68. The average molecular weight is 366 g/mol. The van der Waals surface area contributed by atoms with Gasteiger partial charge in [-0.1, -0.05) is 86.9 Å². The first-order valence-electron chi connectivity index (χ1n) is 9.70. The number of hydrogen-bond donors (Lipinski definition) is 0. The number of para-hydroxylation sites is 1. The number of nitrogens with zero attached hydrogens (tertiary/aromatic N) is 1. The summed E-state index contributed by atoms with van der Waals surface area (Å²) in [6.07, 6.45) is 15.3. The normalized spacial score (nSPS) is 12.3. The quantitative estimate of drug-likeness (QED) is 0.376. The molecule has 0 saturated carbocycles. The highest BCUT2D eigenvalue weighted by Gasteiger charge is 2.14. The molecule has 1 aromatic heterocycles. The molecule has 0 atom stereocenters. The molecule has 0 aliphatic carbocycles. The van der Waals surface area contributed by atoms with Crippen molar-refractivity contribution in [3.8, 4) is 5.69 Å². The van der Waals surface area contributed by atoms with Crippen molar-refractivity contribution in [2.75, 3.05) is 0 Å². The van der Waals surface area contributed by atoms with E-state index in [9.17, 15) is 0 Å². The van der Waals surface area contributed by atoms with Gasteiger partial charge in [-0.15, -0.1) is 0 Å². The zero-order valence-electron chi connectivity index (χ0n) is 16.7. The summed E-state index contributed by atoms with van der Waals surface area (Å²) < 4.78 is 2.28. The largest absolute Gasteiger partial charge is 0.309 e. The lowest BCUT2D eigenvalue weighted by atomic mass is 10.1. The minimum absolute atomic E-state index is 1.05. The average Bonchev–Trinajstić information content (AvgIpc) is 3.05. The number of hydrogen-bond acceptors (Lipinski definition) is 0. The molecule has 0 N–H and O–H groups in total. The number of fused-ring (bicyclic) bond motifs is 1. The van der Waals surface area contributed by atoms with E-state index in [0.29, 0.717) is 0 Å². The van der Waals surface area contributed by atoms with E-state index in [1.54, 1.807) is 6.08 Å². The molecule has 3 aromatic rings. The molecule has 0 aliphatic heterocycles. The number of aromatic nitrogens is 1. The van der Waals surface area contributed by atoms with Gasteiger partial charge in [0.05, 0.1) is 11.2 Å². The van der Waals surface area contributed by atoms with Crippen LogP contribution in [0.3, 0.4) is 0 Å². The van der Waals surface area contributed by atoms with Gasteiger partial charge in [0.2, 0.25) is 0 Å². The van der Waals surface area contributed by atoms with Crippen molar-refractivity contribution in [3.05, 3.63) is 109 Å². The number of rotatable bonds is 7. The lowest BCUT2D eigenvalue weighted by Gasteiger charge is -2.11. The SMILES string of the molecule is C=C/C=C\c1c(C=C)c2ccccc2n1-c1ccc(/C(C)=C/C=C\CC)cc1. The van der Waals surface area contributed by atoms with E-state index in [2.05, 4.69) is 104 Å². The summed E-state index contributed by atoms with van der Waals surface area (Å²) >= 11 is 0. The Bertz CT molecular complexity index is 1070. The predicted molar refractivity (Wildman–Crippen MR) is 126 cm³/mol. The first-order valence-corrected chi connectivity index (χ1v) is 9.70. The van der Waals surface area contributed by atoms with Crippen LogP contribution in [0.1, 0.15) is 37.1 Å². The van der Waals surface area contributed by atoms with Crippen molar-refractivity contribution in [1.82, 2.24) is 4.57 Å². The van der Waals surface area contributed by atoms with Crippen LogP contribution in [-0.2, 0) is 0 Å². The van der Waals surface area contributed by atoms with Crippen molar-refractivity contribution < 1.29 is 0 Å². The summed E-state index contributed by atoms with van der Waals surface area (Å²) in [4.78, 5) is 0. The Morgan fingerprint density at radius 1 is 1.00 bits per heavy atom. The monoisotopic (exact) mass is 365 g/mol. The minimum Gasteiger partial charge on any atom is -0.309 e. The molecule has 1 nitrogen and oxygen atoms in total. The Labute approximate surface area is 168 Å². The van der Waals surface area contributed by atoms with Crippen LogP contribution in [-0.4, -0.2) is 4.57 Å². The molecule has 1 heterocycles. The van der Waals surface area contributed by atoms with Gasteiger partial charge >= 0.3 is 0 Å². The molecule has 140 valence electrons. The lowest BCUT2D eigenvalue weighted by molar-refractivity contribution is 1.10. The van der Waals surface area contributed by atoms with Gasteiger partial charge in [-0.05, 0) is 48.8 Å². The van der Waals surface area contributed by atoms with Gasteiger partial charge in [-0.3, -0.25) is 0 Å². The van der Waals surface area contributed by atoms with Crippen molar-refractivity contribution in [2.24, 2.45) is 0 Å². The van der Waals surface area contributed by atoms with Crippen LogP contribution >= 0.6 is 0 Å². The van der Waals surface area contributed by atoms with Gasteiger partial charge in [0.1, 0.15) is 0 Å². The molecule has 2 aromatic carbocycles. The second kappa shape index (κ2) is 9.05. The smallest absolute Gasteiger partial charge is 0.0541 e. The number of allylic oxidation sites excluding steroid dienone is 6. The van der Waals surface area contributed by atoms with Crippen LogP contribution in [0, 0.1) is 0 Å². The molecule has 28 heavy (non-hydrogen) atoms. The Balaban J connectivity index is 2.14. The highest BCUT2D eigenvalue weighted by Crippen LogP contribution is 2.32. The fraction of sp³-hybridized carbons (Fsp3) is 0.111. The summed E-state index contributed by atoms with van der Waals surface area (Å²) in [6, 6.07) is 17.2. The molecule has 0 aliphatic rings. The third-order valence-electron chi connectivity index (χ3n) is 4.85. The maximum absolute atomic E-state index is 4.04. The Morgan fingerprint density at radius 3 is 2.43 bits per heavy atom. The minimum atomic E-state index is 1.05. The standard InChI is InChI=1S/C27H27N/c1-5-8-10-13-21(4)22-17-19-23(20-18-22)28-26(15-9-6-2)24(7-3)25-14-11-12-16-27(25)28/h6-20H,2-3,5H2,1,4H3/b10-8-,15-9-,21-13+. The van der Waals surface area contributed by atoms with Gasteiger partial charge in [0.25, 0.3) is 0 Å². The van der Waals surface area contributed by atoms with E-state index >= 15 is 0 Å². The van der Waals surface area contributed by atoms with E-state index in [1.807, 2.05) is 12.2 Å². The summed E-state index contributed by atoms with van der Waals surface area (Å²) in [5.74, 6) is 0.